The molecule has 0 aliphatic heterocycles. The van der Waals surface area contributed by atoms with Crippen LogP contribution in [0.3, 0.4) is 0 Å². The molecule has 0 saturated carbocycles. The van der Waals surface area contributed by atoms with Crippen molar-refractivity contribution >= 4 is 48.8 Å². The number of likely N-dealkylation sites (N-methyl/N-ethyl adjacent to an activating group) is 1. The topological polar surface area (TPSA) is 172 Å². The summed E-state index contributed by atoms with van der Waals surface area (Å²) in [6.07, 6.45) is -2.63. The Bertz CT molecular complexity index is 1400. The van der Waals surface area contributed by atoms with Crippen molar-refractivity contribution in [2.45, 2.75) is 31.4 Å². The van der Waals surface area contributed by atoms with Crippen molar-refractivity contribution < 1.29 is 47.2 Å². The summed E-state index contributed by atoms with van der Waals surface area (Å²) in [4.78, 5) is 44.4. The van der Waals surface area contributed by atoms with Gasteiger partial charge in [0, 0.05) is 30.1 Å². The number of phosphoric ester groups is 1. The number of aromatic nitrogens is 1. The van der Waals surface area contributed by atoms with Gasteiger partial charge in [-0.25, -0.2) is 13.8 Å². The van der Waals surface area contributed by atoms with Gasteiger partial charge in [-0.3, -0.25) is 14.6 Å². The summed E-state index contributed by atoms with van der Waals surface area (Å²) < 4.78 is 39.5. The number of benzene rings is 2. The molecule has 0 saturated heterocycles. The van der Waals surface area contributed by atoms with E-state index in [0.29, 0.717) is 21.9 Å². The average Bonchev–Trinajstić information content (AvgIpc) is 3.38. The van der Waals surface area contributed by atoms with Crippen LogP contribution < -0.4 is 5.32 Å². The summed E-state index contributed by atoms with van der Waals surface area (Å²) in [6, 6.07) is 11.5. The van der Waals surface area contributed by atoms with Crippen LogP contribution in [0.25, 0.3) is 11.3 Å². The summed E-state index contributed by atoms with van der Waals surface area (Å²) in [6.45, 7) is -1.15. The predicted molar refractivity (Wildman–Crippen MR) is 147 cm³/mol. The molecule has 0 spiro atoms. The molecule has 0 unspecified atom stereocenters. The number of aryl methyl sites for hydroxylation is 1. The van der Waals surface area contributed by atoms with Crippen LogP contribution >= 0.6 is 31.0 Å². The van der Waals surface area contributed by atoms with E-state index in [1.807, 2.05) is 0 Å². The fraction of sp³-hybridized carbons (Fsp3) is 0.320. The SMILES string of the molecule is CN(C(=O)CCc1cccc(F)c1Cl)[C@H](COC(=O)Nc1cc(-c2cccc(Cl)c2)on1)C[C@@H](O)COP(=O)(O)O. The Labute approximate surface area is 244 Å². The maximum atomic E-state index is 13.7. The molecule has 41 heavy (non-hydrogen) atoms. The monoisotopic (exact) mass is 633 g/mol. The number of carbonyl (C=O) groups is 2. The van der Waals surface area contributed by atoms with E-state index in [0.717, 1.165) is 0 Å². The Morgan fingerprint density at radius 3 is 2.61 bits per heavy atom. The van der Waals surface area contributed by atoms with Gasteiger partial charge < -0.3 is 29.1 Å². The highest BCUT2D eigenvalue weighted by molar-refractivity contribution is 7.46. The third-order valence-electron chi connectivity index (χ3n) is 5.82. The molecule has 2 amide bonds. The summed E-state index contributed by atoms with van der Waals surface area (Å²) in [5.41, 5.74) is 1.04. The van der Waals surface area contributed by atoms with Crippen LogP contribution in [0.4, 0.5) is 15.0 Å². The zero-order valence-electron chi connectivity index (χ0n) is 21.6. The maximum Gasteiger partial charge on any atom is 0.469 e. The van der Waals surface area contributed by atoms with Crippen LogP contribution in [0.1, 0.15) is 18.4 Å². The van der Waals surface area contributed by atoms with Crippen molar-refractivity contribution in [3.05, 3.63) is 70.0 Å². The Kier molecular flexibility index (Phi) is 11.7. The van der Waals surface area contributed by atoms with Gasteiger partial charge in [0.2, 0.25) is 5.91 Å². The number of hydrogen-bond acceptors (Lipinski definition) is 8. The molecule has 0 fully saturated rings. The highest BCUT2D eigenvalue weighted by Crippen LogP contribution is 2.36. The fourth-order valence-electron chi connectivity index (χ4n) is 3.69. The van der Waals surface area contributed by atoms with E-state index in [9.17, 15) is 23.7 Å². The van der Waals surface area contributed by atoms with Crippen LogP contribution in [-0.4, -0.2) is 69.4 Å². The lowest BCUT2D eigenvalue weighted by atomic mass is 10.1. The highest BCUT2D eigenvalue weighted by atomic mass is 35.5. The molecule has 2 aromatic carbocycles. The zero-order chi connectivity index (χ0) is 30.2. The van der Waals surface area contributed by atoms with E-state index in [2.05, 4.69) is 15.0 Å². The summed E-state index contributed by atoms with van der Waals surface area (Å²) in [7, 11) is -3.46. The second-order valence-corrected chi connectivity index (χ2v) is 10.9. The van der Waals surface area contributed by atoms with Crippen molar-refractivity contribution in [2.24, 2.45) is 0 Å². The highest BCUT2D eigenvalue weighted by Gasteiger charge is 2.27. The molecule has 12 nitrogen and oxygen atoms in total. The number of ether oxygens (including phenoxy) is 1. The number of nitrogens with one attached hydrogen (secondary N) is 1. The van der Waals surface area contributed by atoms with E-state index in [1.54, 1.807) is 30.3 Å². The first-order valence-corrected chi connectivity index (χ1v) is 14.3. The second kappa shape index (κ2) is 14.7. The van der Waals surface area contributed by atoms with Gasteiger partial charge in [0.25, 0.3) is 0 Å². The lowest BCUT2D eigenvalue weighted by Crippen LogP contribution is -2.43. The first-order chi connectivity index (χ1) is 19.3. The Hall–Kier alpha value is -3.03. The zero-order valence-corrected chi connectivity index (χ0v) is 24.0. The molecule has 222 valence electrons. The Morgan fingerprint density at radius 1 is 1.17 bits per heavy atom. The number of halogens is 3. The minimum atomic E-state index is -4.85. The van der Waals surface area contributed by atoms with Crippen LogP contribution in [-0.2, 0) is 25.0 Å². The van der Waals surface area contributed by atoms with Crippen molar-refractivity contribution in [1.82, 2.24) is 10.1 Å². The average molecular weight is 634 g/mol. The molecule has 3 aromatic rings. The van der Waals surface area contributed by atoms with Gasteiger partial charge in [-0.15, -0.1) is 0 Å². The number of aliphatic hydroxyl groups is 1. The minimum absolute atomic E-state index is 0.0352. The predicted octanol–water partition coefficient (Wildman–Crippen LogP) is 4.66. The summed E-state index contributed by atoms with van der Waals surface area (Å²) >= 11 is 11.9. The lowest BCUT2D eigenvalue weighted by molar-refractivity contribution is -0.133. The van der Waals surface area contributed by atoms with Gasteiger partial charge in [-0.2, -0.15) is 0 Å². The number of carbonyl (C=O) groups excluding carboxylic acids is 2. The summed E-state index contributed by atoms with van der Waals surface area (Å²) in [5.74, 6) is -0.710. The molecule has 16 heteroatoms. The van der Waals surface area contributed by atoms with E-state index >= 15 is 0 Å². The van der Waals surface area contributed by atoms with Gasteiger partial charge in [-0.05, 0) is 36.6 Å². The molecule has 4 N–H and O–H groups in total. The molecule has 0 aliphatic carbocycles. The van der Waals surface area contributed by atoms with Crippen molar-refractivity contribution in [3.8, 4) is 11.3 Å². The Morgan fingerprint density at radius 2 is 1.90 bits per heavy atom. The molecule has 2 atom stereocenters. The van der Waals surface area contributed by atoms with Crippen LogP contribution in [0, 0.1) is 5.82 Å². The quantitative estimate of drug-likeness (QED) is 0.194. The van der Waals surface area contributed by atoms with Gasteiger partial charge in [0.05, 0.1) is 23.8 Å². The molecule has 3 rings (SSSR count). The molecule has 1 heterocycles. The van der Waals surface area contributed by atoms with E-state index < -0.39 is 51.0 Å². The van der Waals surface area contributed by atoms with E-state index in [4.69, 9.17) is 42.2 Å². The maximum absolute atomic E-state index is 13.7. The van der Waals surface area contributed by atoms with Crippen molar-refractivity contribution in [1.29, 1.82) is 0 Å². The third-order valence-corrected chi connectivity index (χ3v) is 6.96. The fourth-order valence-corrected chi connectivity index (χ4v) is 4.47. The number of aliphatic hydroxyl groups excluding tert-OH is 1. The molecular weight excluding hydrogens is 607 g/mol. The van der Waals surface area contributed by atoms with Crippen molar-refractivity contribution in [3.63, 3.8) is 0 Å². The number of anilines is 1. The summed E-state index contributed by atoms with van der Waals surface area (Å²) in [5, 5.41) is 16.8. The van der Waals surface area contributed by atoms with E-state index in [1.165, 1.54) is 30.1 Å². The van der Waals surface area contributed by atoms with Crippen LogP contribution in [0.5, 0.6) is 0 Å². The first-order valence-electron chi connectivity index (χ1n) is 12.1. The Balaban J connectivity index is 1.63. The standard InChI is InChI=1S/C25H27Cl2FN3O9P/c1-31(23(33)9-8-15-4-3-7-20(28)24(15)27)18(11-19(32)14-39-41(35,36)37)13-38-25(34)29-22-12-21(40-30-22)16-5-2-6-17(26)10-16/h2-7,10,12,18-19,32H,8-9,11,13-14H2,1H3,(H,29,30,34)(H2,35,36,37)/t18-,19+/m0/s1. The minimum Gasteiger partial charge on any atom is -0.447 e. The number of phosphoric acid groups is 1. The number of hydrogen-bond donors (Lipinski definition) is 4. The largest absolute Gasteiger partial charge is 0.469 e. The molecular formula is C25H27Cl2FN3O9P. The van der Waals surface area contributed by atoms with Gasteiger partial charge >= 0.3 is 13.9 Å². The van der Waals surface area contributed by atoms with Gasteiger partial charge in [-0.1, -0.05) is 52.6 Å². The smallest absolute Gasteiger partial charge is 0.447 e. The number of rotatable bonds is 13. The number of amides is 2. The second-order valence-electron chi connectivity index (χ2n) is 8.86. The van der Waals surface area contributed by atoms with Gasteiger partial charge in [0.1, 0.15) is 12.4 Å². The molecule has 1 aromatic heterocycles. The number of nitrogens with zero attached hydrogens (tertiary/aromatic N) is 2. The molecule has 0 bridgehead atoms. The van der Waals surface area contributed by atoms with Crippen LogP contribution in [0.15, 0.2) is 53.1 Å². The molecule has 0 radical (unpaired) electrons. The third kappa shape index (κ3) is 10.4. The first kappa shape index (κ1) is 32.5. The lowest BCUT2D eigenvalue weighted by Gasteiger charge is -2.29. The van der Waals surface area contributed by atoms with E-state index in [-0.39, 0.29) is 30.1 Å². The normalized spacial score (nSPS) is 13.0. The van der Waals surface area contributed by atoms with Gasteiger partial charge in [0.15, 0.2) is 11.6 Å². The molecule has 0 aliphatic rings. The van der Waals surface area contributed by atoms with Crippen LogP contribution in [0.2, 0.25) is 10.0 Å². The van der Waals surface area contributed by atoms with Crippen molar-refractivity contribution in [2.75, 3.05) is 25.6 Å².